The maximum atomic E-state index is 4.76. The van der Waals surface area contributed by atoms with Crippen LogP contribution in [0.25, 0.3) is 5.57 Å². The Kier molecular flexibility index (Phi) is 5.76. The highest BCUT2D eigenvalue weighted by Crippen LogP contribution is 2.40. The molecule has 2 heteroatoms. The minimum Gasteiger partial charge on any atom is -0.362 e. The summed E-state index contributed by atoms with van der Waals surface area (Å²) in [5, 5.41) is 0. The molecular weight excluding hydrogens is 352 g/mol. The molecule has 1 heterocycles. The van der Waals surface area contributed by atoms with Crippen LogP contribution in [0, 0.1) is 6.92 Å². The third kappa shape index (κ3) is 4.47. The highest BCUT2D eigenvalue weighted by atomic mass is 15.2. The van der Waals surface area contributed by atoms with Gasteiger partial charge in [-0.2, -0.15) is 0 Å². The summed E-state index contributed by atoms with van der Waals surface area (Å²) in [6.45, 7) is 19.1. The molecule has 0 atom stereocenters. The number of hydrogen-bond acceptors (Lipinski definition) is 2. The molecule has 3 rings (SSSR count). The van der Waals surface area contributed by atoms with Crippen LogP contribution in [-0.2, 0) is 5.41 Å². The zero-order valence-electron chi connectivity index (χ0n) is 19.4. The Hall–Kier alpha value is -2.35. The van der Waals surface area contributed by atoms with E-state index in [1.165, 1.54) is 33.5 Å². The molecule has 2 nitrogen and oxygen atoms in total. The third-order valence-electron chi connectivity index (χ3n) is 5.90. The second-order valence-electron chi connectivity index (χ2n) is 9.91. The first-order chi connectivity index (χ1) is 13.5. The van der Waals surface area contributed by atoms with Gasteiger partial charge in [0.2, 0.25) is 0 Å². The molecule has 0 fully saturated rings. The number of allylic oxidation sites excluding steroid dienone is 1. The molecule has 0 radical (unpaired) electrons. The summed E-state index contributed by atoms with van der Waals surface area (Å²) >= 11 is 0. The van der Waals surface area contributed by atoms with Crippen molar-refractivity contribution in [3.05, 3.63) is 64.7 Å². The minimum atomic E-state index is 0.0456. The standard InChI is InChI=1S/C27H36N2/c1-9-14-29-25-15-19(2)21(16-24(25)20(3)17-27(29,7)8)18-28-23-12-10-22(11-13-23)26(4,5)6/h10-13,15-18H,9,14H2,1-8H3. The van der Waals surface area contributed by atoms with Crippen molar-refractivity contribution in [1.82, 2.24) is 0 Å². The lowest BCUT2D eigenvalue weighted by Crippen LogP contribution is -2.45. The third-order valence-corrected chi connectivity index (χ3v) is 5.90. The summed E-state index contributed by atoms with van der Waals surface area (Å²) in [6, 6.07) is 13.2. The average Bonchev–Trinajstić information content (AvgIpc) is 2.63. The maximum Gasteiger partial charge on any atom is 0.0630 e. The molecule has 0 saturated heterocycles. The Morgan fingerprint density at radius 2 is 1.69 bits per heavy atom. The molecule has 29 heavy (non-hydrogen) atoms. The highest BCUT2D eigenvalue weighted by molar-refractivity contribution is 5.90. The minimum absolute atomic E-state index is 0.0456. The van der Waals surface area contributed by atoms with Crippen LogP contribution in [0.5, 0.6) is 0 Å². The molecule has 1 aliphatic rings. The van der Waals surface area contributed by atoms with Gasteiger partial charge in [-0.15, -0.1) is 0 Å². The Balaban J connectivity index is 1.95. The summed E-state index contributed by atoms with van der Waals surface area (Å²) in [4.78, 5) is 7.30. The molecule has 0 spiro atoms. The topological polar surface area (TPSA) is 15.6 Å². The van der Waals surface area contributed by atoms with E-state index >= 15 is 0 Å². The van der Waals surface area contributed by atoms with Crippen molar-refractivity contribution >= 4 is 23.2 Å². The van der Waals surface area contributed by atoms with Gasteiger partial charge in [-0.25, -0.2) is 0 Å². The number of benzene rings is 2. The molecule has 0 bridgehead atoms. The Bertz CT molecular complexity index is 938. The summed E-state index contributed by atoms with van der Waals surface area (Å²) < 4.78 is 0. The number of fused-ring (bicyclic) bond motifs is 1. The molecular formula is C27H36N2. The monoisotopic (exact) mass is 388 g/mol. The van der Waals surface area contributed by atoms with E-state index in [0.717, 1.165) is 18.7 Å². The summed E-state index contributed by atoms with van der Waals surface area (Å²) in [6.07, 6.45) is 5.55. The van der Waals surface area contributed by atoms with Crippen LogP contribution in [0.2, 0.25) is 0 Å². The first-order valence-electron chi connectivity index (χ1n) is 10.8. The number of hydrogen-bond donors (Lipinski definition) is 0. The van der Waals surface area contributed by atoms with Gasteiger partial charge in [0.15, 0.2) is 0 Å². The van der Waals surface area contributed by atoms with Crippen LogP contribution in [0.15, 0.2) is 47.5 Å². The van der Waals surface area contributed by atoms with E-state index in [2.05, 4.69) is 103 Å². The summed E-state index contributed by atoms with van der Waals surface area (Å²) in [5.41, 5.74) is 9.02. The van der Waals surface area contributed by atoms with Crippen molar-refractivity contribution in [3.63, 3.8) is 0 Å². The average molecular weight is 389 g/mol. The van der Waals surface area contributed by atoms with Gasteiger partial charge in [0.25, 0.3) is 0 Å². The Morgan fingerprint density at radius 3 is 2.28 bits per heavy atom. The van der Waals surface area contributed by atoms with Crippen molar-refractivity contribution in [2.24, 2.45) is 4.99 Å². The number of anilines is 1. The second kappa shape index (κ2) is 7.82. The van der Waals surface area contributed by atoms with Crippen LogP contribution in [0.3, 0.4) is 0 Å². The van der Waals surface area contributed by atoms with Crippen molar-refractivity contribution < 1.29 is 0 Å². The first-order valence-corrected chi connectivity index (χ1v) is 10.8. The predicted molar refractivity (Wildman–Crippen MR) is 129 cm³/mol. The molecule has 0 unspecified atom stereocenters. The van der Waals surface area contributed by atoms with Crippen molar-refractivity contribution in [2.75, 3.05) is 11.4 Å². The summed E-state index contributed by atoms with van der Waals surface area (Å²) in [5.74, 6) is 0. The number of nitrogens with zero attached hydrogens (tertiary/aromatic N) is 2. The molecule has 0 N–H and O–H groups in total. The van der Waals surface area contributed by atoms with E-state index in [4.69, 9.17) is 4.99 Å². The highest BCUT2D eigenvalue weighted by Gasteiger charge is 2.31. The Morgan fingerprint density at radius 1 is 1.03 bits per heavy atom. The molecule has 0 amide bonds. The van der Waals surface area contributed by atoms with Crippen LogP contribution in [0.1, 0.15) is 77.1 Å². The number of aryl methyl sites for hydroxylation is 1. The second-order valence-corrected chi connectivity index (χ2v) is 9.91. The molecule has 2 aromatic rings. The van der Waals surface area contributed by atoms with Gasteiger partial charge >= 0.3 is 0 Å². The quantitative estimate of drug-likeness (QED) is 0.496. The molecule has 0 aromatic heterocycles. The SMILES string of the molecule is CCCN1c2cc(C)c(C=Nc3ccc(C(C)(C)C)cc3)cc2C(C)=CC1(C)C. The molecule has 2 aromatic carbocycles. The van der Waals surface area contributed by atoms with Crippen molar-refractivity contribution in [3.8, 4) is 0 Å². The fourth-order valence-electron chi connectivity index (χ4n) is 4.21. The van der Waals surface area contributed by atoms with Gasteiger partial charge in [-0.1, -0.05) is 45.9 Å². The van der Waals surface area contributed by atoms with Crippen molar-refractivity contribution in [2.45, 2.75) is 72.8 Å². The van der Waals surface area contributed by atoms with Crippen LogP contribution in [0.4, 0.5) is 11.4 Å². The first kappa shape index (κ1) is 21.4. The van der Waals surface area contributed by atoms with E-state index < -0.39 is 0 Å². The van der Waals surface area contributed by atoms with Crippen LogP contribution < -0.4 is 4.90 Å². The fraction of sp³-hybridized carbons (Fsp3) is 0.444. The molecule has 154 valence electrons. The zero-order chi connectivity index (χ0) is 21.4. The lowest BCUT2D eigenvalue weighted by Gasteiger charge is -2.43. The van der Waals surface area contributed by atoms with E-state index in [1.54, 1.807) is 0 Å². The van der Waals surface area contributed by atoms with Crippen LogP contribution >= 0.6 is 0 Å². The van der Waals surface area contributed by atoms with Crippen LogP contribution in [-0.4, -0.2) is 18.3 Å². The summed E-state index contributed by atoms with van der Waals surface area (Å²) in [7, 11) is 0. The van der Waals surface area contributed by atoms with Gasteiger partial charge in [0, 0.05) is 24.0 Å². The number of aliphatic imine (C=N–C) groups is 1. The Labute approximate surface area is 177 Å². The van der Waals surface area contributed by atoms with Gasteiger partial charge in [-0.3, -0.25) is 4.99 Å². The normalized spacial score (nSPS) is 16.1. The smallest absolute Gasteiger partial charge is 0.0630 e. The lowest BCUT2D eigenvalue weighted by atomic mass is 9.87. The lowest BCUT2D eigenvalue weighted by molar-refractivity contribution is 0.550. The molecule has 1 aliphatic heterocycles. The van der Waals surface area contributed by atoms with Gasteiger partial charge < -0.3 is 4.90 Å². The van der Waals surface area contributed by atoms with Gasteiger partial charge in [-0.05, 0) is 86.1 Å². The molecule has 0 aliphatic carbocycles. The number of rotatable bonds is 4. The zero-order valence-corrected chi connectivity index (χ0v) is 19.4. The van der Waals surface area contributed by atoms with E-state index in [0.29, 0.717) is 0 Å². The van der Waals surface area contributed by atoms with E-state index in [1.807, 2.05) is 6.21 Å². The van der Waals surface area contributed by atoms with Gasteiger partial charge in [0.05, 0.1) is 11.2 Å². The fourth-order valence-corrected chi connectivity index (χ4v) is 4.21. The van der Waals surface area contributed by atoms with Gasteiger partial charge in [0.1, 0.15) is 0 Å². The largest absolute Gasteiger partial charge is 0.362 e. The maximum absolute atomic E-state index is 4.76. The van der Waals surface area contributed by atoms with E-state index in [9.17, 15) is 0 Å². The van der Waals surface area contributed by atoms with Crippen molar-refractivity contribution in [1.29, 1.82) is 0 Å². The predicted octanol–water partition coefficient (Wildman–Crippen LogP) is 7.46. The van der Waals surface area contributed by atoms with E-state index in [-0.39, 0.29) is 11.0 Å². The molecule has 0 saturated carbocycles.